The molecule has 1 saturated heterocycles. The summed E-state index contributed by atoms with van der Waals surface area (Å²) in [6.07, 6.45) is 0.852. The van der Waals surface area contributed by atoms with Crippen molar-refractivity contribution in [2.75, 3.05) is 31.1 Å². The Kier molecular flexibility index (Phi) is 5.91. The average Bonchev–Trinajstić information content (AvgIpc) is 3.17. The van der Waals surface area contributed by atoms with Crippen molar-refractivity contribution < 1.29 is 13.9 Å². The molecule has 33 heavy (non-hydrogen) atoms. The molecule has 1 amide bonds. The molecule has 3 heterocycles. The molecule has 1 fully saturated rings. The lowest BCUT2D eigenvalue weighted by atomic mass is 9.98. The molecule has 2 aliphatic rings. The predicted octanol–water partition coefficient (Wildman–Crippen LogP) is 4.25. The zero-order chi connectivity index (χ0) is 22.9. The Morgan fingerprint density at radius 1 is 1.15 bits per heavy atom. The number of ether oxygens (including phenoxy) is 1. The van der Waals surface area contributed by atoms with Crippen molar-refractivity contribution in [1.82, 2.24) is 15.2 Å². The number of pyridine rings is 1. The van der Waals surface area contributed by atoms with Gasteiger partial charge < -0.3 is 19.9 Å². The topological polar surface area (TPSA) is 57.7 Å². The number of fused-ring (bicyclic) bond motifs is 1. The number of anilines is 2. The van der Waals surface area contributed by atoms with Crippen LogP contribution < -0.4 is 15.0 Å². The monoisotopic (exact) mass is 466 g/mol. The number of amides is 1. The minimum Gasteiger partial charge on any atom is -0.469 e. The number of halogens is 2. The minimum atomic E-state index is -0.757. The molecule has 0 bridgehead atoms. The van der Waals surface area contributed by atoms with Crippen LogP contribution in [0.4, 0.5) is 15.8 Å². The molecule has 2 aromatic carbocycles. The van der Waals surface area contributed by atoms with E-state index in [1.807, 2.05) is 53.1 Å². The van der Waals surface area contributed by atoms with E-state index in [9.17, 15) is 9.18 Å². The van der Waals surface area contributed by atoms with Gasteiger partial charge in [0.2, 0.25) is 5.91 Å². The highest BCUT2D eigenvalue weighted by Crippen LogP contribution is 2.49. The molecule has 0 radical (unpaired) electrons. The summed E-state index contributed by atoms with van der Waals surface area (Å²) in [6.45, 7) is 4.55. The van der Waals surface area contributed by atoms with Gasteiger partial charge in [-0.15, -0.1) is 0 Å². The smallest absolute Gasteiger partial charge is 0.236 e. The Hall–Kier alpha value is -3.16. The van der Waals surface area contributed by atoms with Crippen molar-refractivity contribution in [3.63, 3.8) is 0 Å². The fraction of sp³-hybridized carbons (Fsp3) is 0.280. The predicted molar refractivity (Wildman–Crippen MR) is 126 cm³/mol. The molecular formula is C25H24ClFN4O2. The molecule has 0 aliphatic carbocycles. The first-order valence-corrected chi connectivity index (χ1v) is 11.3. The molecule has 2 atom stereocenters. The number of nitrogens with zero attached hydrogens (tertiary/aromatic N) is 3. The Morgan fingerprint density at radius 2 is 1.91 bits per heavy atom. The molecule has 8 heteroatoms. The van der Waals surface area contributed by atoms with Crippen LogP contribution in [-0.2, 0) is 4.79 Å². The van der Waals surface area contributed by atoms with Crippen molar-refractivity contribution in [2.45, 2.75) is 19.1 Å². The number of hydrogen-bond donors (Lipinski definition) is 1. The van der Waals surface area contributed by atoms with Crippen LogP contribution in [0, 0.1) is 12.7 Å². The van der Waals surface area contributed by atoms with Crippen LogP contribution in [0.1, 0.15) is 17.0 Å². The number of aromatic nitrogens is 1. The third-order valence-electron chi connectivity index (χ3n) is 6.15. The van der Waals surface area contributed by atoms with Gasteiger partial charge in [0.1, 0.15) is 17.5 Å². The van der Waals surface area contributed by atoms with E-state index in [1.165, 1.54) is 12.1 Å². The Bertz CT molecular complexity index is 1170. The van der Waals surface area contributed by atoms with Gasteiger partial charge in [-0.05, 0) is 42.3 Å². The van der Waals surface area contributed by atoms with Crippen molar-refractivity contribution in [3.05, 3.63) is 82.9 Å². The van der Waals surface area contributed by atoms with Crippen molar-refractivity contribution >= 4 is 28.9 Å². The summed E-state index contributed by atoms with van der Waals surface area (Å²) in [5.74, 6) is -0.711. The third kappa shape index (κ3) is 4.03. The van der Waals surface area contributed by atoms with Crippen molar-refractivity contribution in [2.24, 2.45) is 0 Å². The number of benzene rings is 2. The molecule has 2 unspecified atom stereocenters. The zero-order valence-corrected chi connectivity index (χ0v) is 18.9. The van der Waals surface area contributed by atoms with E-state index in [4.69, 9.17) is 16.3 Å². The van der Waals surface area contributed by atoms with Crippen LogP contribution in [0.5, 0.6) is 5.75 Å². The van der Waals surface area contributed by atoms with Gasteiger partial charge in [0, 0.05) is 44.1 Å². The van der Waals surface area contributed by atoms with Crippen molar-refractivity contribution in [1.29, 1.82) is 0 Å². The Morgan fingerprint density at radius 3 is 2.67 bits per heavy atom. The molecule has 2 aliphatic heterocycles. The van der Waals surface area contributed by atoms with Crippen LogP contribution in [-0.4, -0.2) is 48.2 Å². The Balaban J connectivity index is 1.65. The second-order valence-electron chi connectivity index (χ2n) is 8.22. The van der Waals surface area contributed by atoms with E-state index in [1.54, 1.807) is 12.3 Å². The first-order valence-electron chi connectivity index (χ1n) is 11.0. The fourth-order valence-corrected chi connectivity index (χ4v) is 4.77. The summed E-state index contributed by atoms with van der Waals surface area (Å²) in [5.41, 5.74) is 2.97. The average molecular weight is 467 g/mol. The molecule has 5 rings (SSSR count). The second kappa shape index (κ2) is 9.00. The fourth-order valence-electron chi connectivity index (χ4n) is 4.51. The summed E-state index contributed by atoms with van der Waals surface area (Å²) in [7, 11) is 0. The number of nitrogens with one attached hydrogen (secondary N) is 1. The van der Waals surface area contributed by atoms with Crippen LogP contribution in [0.3, 0.4) is 0 Å². The quantitative estimate of drug-likeness (QED) is 0.582. The summed E-state index contributed by atoms with van der Waals surface area (Å²) >= 11 is 6.59. The lowest BCUT2D eigenvalue weighted by Gasteiger charge is -2.34. The number of para-hydroxylation sites is 1. The number of piperazine rings is 1. The summed E-state index contributed by atoms with van der Waals surface area (Å²) in [4.78, 5) is 21.9. The van der Waals surface area contributed by atoms with Gasteiger partial charge in [-0.1, -0.05) is 35.9 Å². The van der Waals surface area contributed by atoms with Gasteiger partial charge in [-0.3, -0.25) is 4.79 Å². The maximum atomic E-state index is 14.1. The van der Waals surface area contributed by atoms with E-state index in [0.717, 1.165) is 29.9 Å². The van der Waals surface area contributed by atoms with Gasteiger partial charge in [0.25, 0.3) is 0 Å². The van der Waals surface area contributed by atoms with Gasteiger partial charge >= 0.3 is 0 Å². The van der Waals surface area contributed by atoms with Gasteiger partial charge in [0.05, 0.1) is 5.69 Å². The van der Waals surface area contributed by atoms with E-state index in [2.05, 4.69) is 10.3 Å². The van der Waals surface area contributed by atoms with E-state index in [0.29, 0.717) is 24.5 Å². The summed E-state index contributed by atoms with van der Waals surface area (Å²) < 4.78 is 20.6. The molecular weight excluding hydrogens is 443 g/mol. The highest BCUT2D eigenvalue weighted by molar-refractivity contribution is 6.32. The van der Waals surface area contributed by atoms with Gasteiger partial charge in [-0.2, -0.15) is 0 Å². The highest BCUT2D eigenvalue weighted by Gasteiger charge is 2.48. The van der Waals surface area contributed by atoms with E-state index < -0.39 is 18.0 Å². The van der Waals surface area contributed by atoms with Crippen LogP contribution in [0.15, 0.2) is 60.8 Å². The third-order valence-corrected chi connectivity index (χ3v) is 6.43. The molecule has 0 spiro atoms. The van der Waals surface area contributed by atoms with Crippen LogP contribution in [0.25, 0.3) is 0 Å². The Labute approximate surface area is 196 Å². The van der Waals surface area contributed by atoms with E-state index >= 15 is 0 Å². The number of aryl methyl sites for hydroxylation is 1. The van der Waals surface area contributed by atoms with E-state index in [-0.39, 0.29) is 11.1 Å². The second-order valence-corrected chi connectivity index (χ2v) is 8.57. The molecule has 1 N–H and O–H groups in total. The zero-order valence-electron chi connectivity index (χ0n) is 18.2. The normalized spacial score (nSPS) is 20.0. The first-order chi connectivity index (χ1) is 16.0. The van der Waals surface area contributed by atoms with Gasteiger partial charge in [0.15, 0.2) is 11.4 Å². The lowest BCUT2D eigenvalue weighted by Crippen LogP contribution is -2.50. The van der Waals surface area contributed by atoms with Crippen LogP contribution in [0.2, 0.25) is 5.15 Å². The maximum absolute atomic E-state index is 14.1. The summed E-state index contributed by atoms with van der Waals surface area (Å²) in [5, 5.41) is 3.57. The number of hydrogen-bond acceptors (Lipinski definition) is 5. The minimum absolute atomic E-state index is 0.0440. The SMILES string of the molecule is Cc1ccc(F)cc1OC1C(C(=O)N2CCNCC2)c2ccnc(Cl)c2N1c1ccccc1. The molecule has 1 aromatic heterocycles. The first kappa shape index (κ1) is 21.7. The lowest BCUT2D eigenvalue weighted by molar-refractivity contribution is -0.135. The standard InChI is InChI=1S/C25H24ClFN4O2/c1-16-7-8-17(27)15-20(16)33-25-21(24(32)30-13-11-28-12-14-30)19-9-10-29-23(26)22(19)31(25)18-5-3-2-4-6-18/h2-10,15,21,25,28H,11-14H2,1H3. The number of rotatable bonds is 4. The molecule has 0 saturated carbocycles. The maximum Gasteiger partial charge on any atom is 0.236 e. The van der Waals surface area contributed by atoms with Gasteiger partial charge in [-0.25, -0.2) is 9.37 Å². The van der Waals surface area contributed by atoms with Crippen LogP contribution >= 0.6 is 11.6 Å². The number of carbonyl (C=O) groups is 1. The molecule has 170 valence electrons. The summed E-state index contributed by atoms with van der Waals surface area (Å²) in [6, 6.07) is 15.8. The molecule has 6 nitrogen and oxygen atoms in total. The highest BCUT2D eigenvalue weighted by atomic mass is 35.5. The number of carbonyl (C=O) groups excluding carboxylic acids is 1. The van der Waals surface area contributed by atoms with Crippen molar-refractivity contribution in [3.8, 4) is 5.75 Å². The molecule has 3 aromatic rings. The largest absolute Gasteiger partial charge is 0.469 e.